The molecule has 3 aromatic rings. The summed E-state index contributed by atoms with van der Waals surface area (Å²) in [6.07, 6.45) is 4.95. The van der Waals surface area contributed by atoms with Gasteiger partial charge in [0.2, 0.25) is 0 Å². The van der Waals surface area contributed by atoms with E-state index in [0.717, 1.165) is 44.3 Å². The number of halogens is 1. The minimum Gasteiger partial charge on any atom is -0.494 e. The van der Waals surface area contributed by atoms with Crippen LogP contribution in [0.5, 0.6) is 5.75 Å². The first-order valence-electron chi connectivity index (χ1n) is 10.0. The fourth-order valence-corrected chi connectivity index (χ4v) is 4.74. The van der Waals surface area contributed by atoms with Gasteiger partial charge in [0.1, 0.15) is 5.75 Å². The highest BCUT2D eigenvalue weighted by Gasteiger charge is 2.33. The van der Waals surface area contributed by atoms with Crippen molar-refractivity contribution in [1.82, 2.24) is 9.47 Å². The van der Waals surface area contributed by atoms with Crippen molar-refractivity contribution in [3.63, 3.8) is 0 Å². The Bertz CT molecular complexity index is 946. The predicted molar refractivity (Wildman–Crippen MR) is 113 cm³/mol. The Morgan fingerprint density at radius 3 is 2.74 bits per heavy atom. The molecule has 1 aliphatic carbocycles. The van der Waals surface area contributed by atoms with Crippen LogP contribution in [-0.4, -0.2) is 28.7 Å². The van der Waals surface area contributed by atoms with Crippen LogP contribution in [-0.2, 0) is 19.5 Å². The number of ether oxygens (including phenoxy) is 1. The van der Waals surface area contributed by atoms with Gasteiger partial charge >= 0.3 is 0 Å². The van der Waals surface area contributed by atoms with Gasteiger partial charge in [-0.3, -0.25) is 4.90 Å². The van der Waals surface area contributed by atoms with Crippen LogP contribution in [0.1, 0.15) is 30.5 Å². The van der Waals surface area contributed by atoms with E-state index in [4.69, 9.17) is 4.74 Å². The molecule has 2 heterocycles. The summed E-state index contributed by atoms with van der Waals surface area (Å²) < 4.78 is 9.63. The van der Waals surface area contributed by atoms with Crippen molar-refractivity contribution >= 4 is 26.8 Å². The number of aromatic nitrogens is 1. The maximum absolute atomic E-state index is 5.91. The molecular weight excluding hydrogens is 400 g/mol. The van der Waals surface area contributed by atoms with E-state index in [1.807, 2.05) is 30.3 Å². The molecule has 1 fully saturated rings. The molecule has 0 radical (unpaired) electrons. The molecule has 1 saturated carbocycles. The maximum Gasteiger partial charge on any atom is 0.119 e. The Kier molecular flexibility index (Phi) is 4.70. The van der Waals surface area contributed by atoms with Crippen molar-refractivity contribution in [2.75, 3.05) is 13.2 Å². The lowest BCUT2D eigenvalue weighted by atomic mass is 10.0. The minimum atomic E-state index is 0.753. The zero-order valence-electron chi connectivity index (χ0n) is 15.5. The second-order valence-electron chi connectivity index (χ2n) is 7.71. The van der Waals surface area contributed by atoms with Gasteiger partial charge in [0.15, 0.2) is 0 Å². The van der Waals surface area contributed by atoms with Gasteiger partial charge in [-0.2, -0.15) is 0 Å². The van der Waals surface area contributed by atoms with Crippen LogP contribution in [0.3, 0.4) is 0 Å². The summed E-state index contributed by atoms with van der Waals surface area (Å²) in [5.41, 5.74) is 4.47. The zero-order valence-corrected chi connectivity index (χ0v) is 17.1. The Morgan fingerprint density at radius 1 is 1.07 bits per heavy atom. The average Bonchev–Trinajstić information content (AvgIpc) is 3.50. The van der Waals surface area contributed by atoms with Crippen LogP contribution < -0.4 is 4.74 Å². The van der Waals surface area contributed by atoms with Crippen LogP contribution in [0.15, 0.2) is 53.0 Å². The van der Waals surface area contributed by atoms with Gasteiger partial charge in [-0.25, -0.2) is 0 Å². The molecule has 0 unspecified atom stereocenters. The average molecular weight is 425 g/mol. The van der Waals surface area contributed by atoms with Crippen molar-refractivity contribution in [2.24, 2.45) is 0 Å². The molecular formula is C23H25BrN2O. The molecule has 0 saturated heterocycles. The Morgan fingerprint density at radius 2 is 1.93 bits per heavy atom. The van der Waals surface area contributed by atoms with Gasteiger partial charge in [-0.15, -0.1) is 0 Å². The SMILES string of the molecule is Brc1ccc2c(c1)c1c(n2CCCOc2ccccc2)CCN(C2CC2)C1. The quantitative estimate of drug-likeness (QED) is 0.493. The van der Waals surface area contributed by atoms with E-state index >= 15 is 0 Å². The number of benzene rings is 2. The third-order valence-electron chi connectivity index (χ3n) is 5.85. The Hall–Kier alpha value is -1.78. The molecule has 0 amide bonds. The summed E-state index contributed by atoms with van der Waals surface area (Å²) >= 11 is 3.67. The normalized spacial score (nSPS) is 17.2. The predicted octanol–water partition coefficient (Wildman–Crippen LogP) is 5.39. The Labute approximate surface area is 169 Å². The number of para-hydroxylation sites is 1. The molecule has 0 spiro atoms. The van der Waals surface area contributed by atoms with E-state index in [2.05, 4.69) is 43.6 Å². The maximum atomic E-state index is 5.91. The first-order valence-corrected chi connectivity index (χ1v) is 10.8. The molecule has 27 heavy (non-hydrogen) atoms. The van der Waals surface area contributed by atoms with Crippen molar-refractivity contribution in [1.29, 1.82) is 0 Å². The van der Waals surface area contributed by atoms with Gasteiger partial charge in [-0.1, -0.05) is 34.1 Å². The molecule has 0 N–H and O–H groups in total. The summed E-state index contributed by atoms with van der Waals surface area (Å²) in [6.45, 7) is 4.09. The number of hydrogen-bond acceptors (Lipinski definition) is 2. The molecule has 0 bridgehead atoms. The minimum absolute atomic E-state index is 0.753. The Balaban J connectivity index is 1.37. The molecule has 5 rings (SSSR count). The van der Waals surface area contributed by atoms with Crippen molar-refractivity contribution < 1.29 is 4.74 Å². The van der Waals surface area contributed by atoms with Gasteiger partial charge in [0.05, 0.1) is 6.61 Å². The molecule has 1 aliphatic heterocycles. The van der Waals surface area contributed by atoms with E-state index in [1.165, 1.54) is 34.8 Å². The van der Waals surface area contributed by atoms with E-state index in [1.54, 1.807) is 11.3 Å². The van der Waals surface area contributed by atoms with Crippen LogP contribution in [0, 0.1) is 0 Å². The van der Waals surface area contributed by atoms with Gasteiger partial charge in [0.25, 0.3) is 0 Å². The summed E-state index contributed by atoms with van der Waals surface area (Å²) in [5.74, 6) is 0.959. The highest BCUT2D eigenvalue weighted by molar-refractivity contribution is 9.10. The first-order chi connectivity index (χ1) is 13.3. The van der Waals surface area contributed by atoms with E-state index in [0.29, 0.717) is 0 Å². The molecule has 3 nitrogen and oxygen atoms in total. The zero-order chi connectivity index (χ0) is 18.2. The van der Waals surface area contributed by atoms with Gasteiger partial charge in [0, 0.05) is 53.2 Å². The highest BCUT2D eigenvalue weighted by atomic mass is 79.9. The van der Waals surface area contributed by atoms with Gasteiger partial charge < -0.3 is 9.30 Å². The number of hydrogen-bond donors (Lipinski definition) is 0. The molecule has 4 heteroatoms. The van der Waals surface area contributed by atoms with E-state index in [-0.39, 0.29) is 0 Å². The van der Waals surface area contributed by atoms with Crippen molar-refractivity contribution in [3.8, 4) is 5.75 Å². The van der Waals surface area contributed by atoms with Crippen LogP contribution in [0.4, 0.5) is 0 Å². The number of aryl methyl sites for hydroxylation is 1. The summed E-state index contributed by atoms with van der Waals surface area (Å²) in [4.78, 5) is 2.69. The van der Waals surface area contributed by atoms with Gasteiger partial charge in [-0.05, 0) is 55.2 Å². The second kappa shape index (κ2) is 7.33. The number of nitrogens with zero attached hydrogens (tertiary/aromatic N) is 2. The first kappa shape index (κ1) is 17.3. The van der Waals surface area contributed by atoms with Crippen molar-refractivity contribution in [3.05, 3.63) is 64.3 Å². The third kappa shape index (κ3) is 3.53. The molecule has 2 aromatic carbocycles. The summed E-state index contributed by atoms with van der Waals surface area (Å²) in [7, 11) is 0. The summed E-state index contributed by atoms with van der Waals surface area (Å²) in [6, 6.07) is 17.7. The molecule has 140 valence electrons. The lowest BCUT2D eigenvalue weighted by molar-refractivity contribution is 0.240. The van der Waals surface area contributed by atoms with Crippen LogP contribution in [0.25, 0.3) is 10.9 Å². The van der Waals surface area contributed by atoms with E-state index < -0.39 is 0 Å². The van der Waals surface area contributed by atoms with Crippen molar-refractivity contribution in [2.45, 2.75) is 44.8 Å². The van der Waals surface area contributed by atoms with Crippen LogP contribution in [0.2, 0.25) is 0 Å². The molecule has 1 aromatic heterocycles. The largest absolute Gasteiger partial charge is 0.494 e. The molecule has 2 aliphatic rings. The van der Waals surface area contributed by atoms with E-state index in [9.17, 15) is 0 Å². The lowest BCUT2D eigenvalue weighted by Gasteiger charge is -2.28. The monoisotopic (exact) mass is 424 g/mol. The molecule has 0 atom stereocenters. The third-order valence-corrected chi connectivity index (χ3v) is 6.34. The highest BCUT2D eigenvalue weighted by Crippen LogP contribution is 2.37. The number of rotatable bonds is 6. The smallest absolute Gasteiger partial charge is 0.119 e. The number of fused-ring (bicyclic) bond motifs is 3. The van der Waals surface area contributed by atoms with Crippen LogP contribution >= 0.6 is 15.9 Å². The second-order valence-corrected chi connectivity index (χ2v) is 8.62. The standard InChI is InChI=1S/C23H25BrN2O/c24-17-7-10-22-20(15-17)21-16-25(18-8-9-18)13-11-23(21)26(22)12-4-14-27-19-5-2-1-3-6-19/h1-3,5-7,10,15,18H,4,8-9,11-14,16H2. The fourth-order valence-electron chi connectivity index (χ4n) is 4.38. The topological polar surface area (TPSA) is 17.4 Å². The summed E-state index contributed by atoms with van der Waals surface area (Å²) in [5, 5.41) is 1.42. The lowest BCUT2D eigenvalue weighted by Crippen LogP contribution is -2.32. The fraction of sp³-hybridized carbons (Fsp3) is 0.391.